The Morgan fingerprint density at radius 3 is 2.73 bits per heavy atom. The van der Waals surface area contributed by atoms with Gasteiger partial charge in [-0.25, -0.2) is 23.7 Å². The number of nitrogens with one attached hydrogen (secondary N) is 1. The zero-order chi connectivity index (χ0) is 22.7. The fourth-order valence-corrected chi connectivity index (χ4v) is 4.57. The second-order valence-corrected chi connectivity index (χ2v) is 8.90. The highest BCUT2D eigenvalue weighted by molar-refractivity contribution is 6.13. The normalized spacial score (nSPS) is 17.7. The Morgan fingerprint density at radius 2 is 1.91 bits per heavy atom. The third-order valence-electron chi connectivity index (χ3n) is 6.49. The van der Waals surface area contributed by atoms with Gasteiger partial charge in [-0.2, -0.15) is 0 Å². The molecule has 1 aliphatic carbocycles. The highest BCUT2D eigenvalue weighted by atomic mass is 19.2. The lowest BCUT2D eigenvalue weighted by Crippen LogP contribution is -2.35. The van der Waals surface area contributed by atoms with Gasteiger partial charge in [0.1, 0.15) is 11.9 Å². The highest BCUT2D eigenvalue weighted by Crippen LogP contribution is 2.37. The van der Waals surface area contributed by atoms with Crippen molar-refractivity contribution < 1.29 is 13.6 Å². The molecule has 1 aromatic carbocycles. The third kappa shape index (κ3) is 3.36. The molecular weight excluding hydrogens is 428 g/mol. The number of fused-ring (bicyclic) bond motifs is 5. The van der Waals surface area contributed by atoms with E-state index in [1.807, 2.05) is 11.9 Å². The van der Waals surface area contributed by atoms with Crippen LogP contribution >= 0.6 is 0 Å². The molecule has 3 aromatic heterocycles. The Morgan fingerprint density at radius 1 is 1.09 bits per heavy atom. The maximum absolute atomic E-state index is 14.2. The lowest BCUT2D eigenvalue weighted by Gasteiger charge is -2.23. The monoisotopic (exact) mass is 451 g/mol. The fourth-order valence-electron chi connectivity index (χ4n) is 4.57. The average molecular weight is 451 g/mol. The number of rotatable bonds is 3. The van der Waals surface area contributed by atoms with Gasteiger partial charge < -0.3 is 15.1 Å². The number of anilines is 1. The Hall–Kier alpha value is -3.40. The van der Waals surface area contributed by atoms with Gasteiger partial charge in [0, 0.05) is 44.0 Å². The van der Waals surface area contributed by atoms with Crippen LogP contribution in [0, 0.1) is 11.6 Å². The van der Waals surface area contributed by atoms with Crippen molar-refractivity contribution >= 4 is 39.3 Å². The van der Waals surface area contributed by atoms with Gasteiger partial charge in [0.05, 0.1) is 22.1 Å². The first-order valence-corrected chi connectivity index (χ1v) is 11.2. The Kier molecular flexibility index (Phi) is 4.65. The van der Waals surface area contributed by atoms with Crippen LogP contribution in [0.15, 0.2) is 24.7 Å². The molecule has 0 unspecified atom stereocenters. The number of carbonyl (C=O) groups is 1. The van der Waals surface area contributed by atoms with E-state index in [9.17, 15) is 13.6 Å². The maximum Gasteiger partial charge on any atom is 0.259 e. The third-order valence-corrected chi connectivity index (χ3v) is 6.49. The topological polar surface area (TPSA) is 78.7 Å². The van der Waals surface area contributed by atoms with E-state index in [4.69, 9.17) is 0 Å². The number of imidazole rings is 1. The summed E-state index contributed by atoms with van der Waals surface area (Å²) in [5, 5.41) is 4.14. The molecule has 0 radical (unpaired) electrons. The van der Waals surface area contributed by atoms with E-state index in [1.54, 1.807) is 10.6 Å². The van der Waals surface area contributed by atoms with Crippen molar-refractivity contribution in [1.82, 2.24) is 29.2 Å². The van der Waals surface area contributed by atoms with E-state index in [-0.39, 0.29) is 17.5 Å². The number of likely N-dealkylation sites (N-methyl/N-ethyl adjacent to an activating group) is 1. The van der Waals surface area contributed by atoms with Gasteiger partial charge in [0.15, 0.2) is 22.9 Å². The van der Waals surface area contributed by atoms with Crippen LogP contribution in [0.1, 0.15) is 29.6 Å². The minimum absolute atomic E-state index is 0.152. The number of carbonyl (C=O) groups excluding carboxylic acids is 1. The molecule has 10 heteroatoms. The summed E-state index contributed by atoms with van der Waals surface area (Å²) in [7, 11) is 2.05. The first kappa shape index (κ1) is 20.2. The van der Waals surface area contributed by atoms with E-state index < -0.39 is 11.6 Å². The summed E-state index contributed by atoms with van der Waals surface area (Å²) in [6.07, 6.45) is 5.95. The molecule has 1 N–H and O–H groups in total. The van der Waals surface area contributed by atoms with Crippen LogP contribution in [-0.4, -0.2) is 74.3 Å². The molecule has 4 heterocycles. The van der Waals surface area contributed by atoms with Gasteiger partial charge in [-0.1, -0.05) is 0 Å². The lowest BCUT2D eigenvalue weighted by molar-refractivity contribution is 0.0765. The standard InChI is InChI=1S/C23H23F2N7O/c1-30-5-2-6-31(8-7-30)23(33)19-20(28-13-3-4-13)14-11-26-12-27-21(14)32-18-10-16(25)15(24)9-17(18)29-22(19)32/h9-13,28H,2-8H2,1H3. The van der Waals surface area contributed by atoms with Crippen molar-refractivity contribution in [2.75, 3.05) is 38.5 Å². The van der Waals surface area contributed by atoms with E-state index >= 15 is 0 Å². The van der Waals surface area contributed by atoms with Crippen molar-refractivity contribution in [3.05, 3.63) is 41.9 Å². The zero-order valence-corrected chi connectivity index (χ0v) is 18.2. The molecule has 4 aromatic rings. The molecule has 6 rings (SSSR count). The zero-order valence-electron chi connectivity index (χ0n) is 18.2. The smallest absolute Gasteiger partial charge is 0.259 e. The Balaban J connectivity index is 1.66. The van der Waals surface area contributed by atoms with E-state index in [0.717, 1.165) is 44.5 Å². The maximum atomic E-state index is 14.2. The summed E-state index contributed by atoms with van der Waals surface area (Å²) in [6, 6.07) is 2.43. The Bertz CT molecular complexity index is 1410. The molecule has 2 aliphatic rings. The van der Waals surface area contributed by atoms with Crippen molar-refractivity contribution in [2.45, 2.75) is 25.3 Å². The van der Waals surface area contributed by atoms with Crippen LogP contribution < -0.4 is 5.32 Å². The number of aromatic nitrogens is 4. The molecule has 1 saturated heterocycles. The average Bonchev–Trinajstić information content (AvgIpc) is 3.59. The fraction of sp³-hybridized carbons (Fsp3) is 0.391. The molecule has 1 amide bonds. The molecule has 0 spiro atoms. The first-order chi connectivity index (χ1) is 16.0. The molecule has 33 heavy (non-hydrogen) atoms. The first-order valence-electron chi connectivity index (χ1n) is 11.2. The van der Waals surface area contributed by atoms with Gasteiger partial charge in [0.2, 0.25) is 0 Å². The predicted octanol–water partition coefficient (Wildman–Crippen LogP) is 3.06. The van der Waals surface area contributed by atoms with Gasteiger partial charge in [0.25, 0.3) is 5.91 Å². The van der Waals surface area contributed by atoms with E-state index in [0.29, 0.717) is 46.5 Å². The number of amides is 1. The minimum Gasteiger partial charge on any atom is -0.381 e. The second-order valence-electron chi connectivity index (χ2n) is 8.90. The number of halogens is 2. The van der Waals surface area contributed by atoms with Crippen LogP contribution in [0.25, 0.3) is 27.7 Å². The quantitative estimate of drug-likeness (QED) is 0.516. The number of benzene rings is 1. The minimum atomic E-state index is -0.982. The molecule has 170 valence electrons. The van der Waals surface area contributed by atoms with Crippen molar-refractivity contribution in [3.8, 4) is 0 Å². The van der Waals surface area contributed by atoms with Crippen LogP contribution in [0.2, 0.25) is 0 Å². The SMILES string of the molecule is CN1CCCN(C(=O)c2c(NC3CC3)c3cncnc3n3c2nc2cc(F)c(F)cc23)CC1. The molecule has 0 bridgehead atoms. The summed E-state index contributed by atoms with van der Waals surface area (Å²) >= 11 is 0. The van der Waals surface area contributed by atoms with Crippen molar-refractivity contribution in [2.24, 2.45) is 0 Å². The molecule has 1 saturated carbocycles. The van der Waals surface area contributed by atoms with Crippen molar-refractivity contribution in [3.63, 3.8) is 0 Å². The summed E-state index contributed by atoms with van der Waals surface area (Å²) in [5.41, 5.74) is 2.48. The van der Waals surface area contributed by atoms with Gasteiger partial charge in [-0.15, -0.1) is 0 Å². The van der Waals surface area contributed by atoms with Gasteiger partial charge >= 0.3 is 0 Å². The molecule has 8 nitrogen and oxygen atoms in total. The molecule has 0 atom stereocenters. The van der Waals surface area contributed by atoms with Crippen LogP contribution in [0.3, 0.4) is 0 Å². The van der Waals surface area contributed by atoms with E-state index in [1.165, 1.54) is 6.33 Å². The lowest BCUT2D eigenvalue weighted by atomic mass is 10.1. The summed E-state index contributed by atoms with van der Waals surface area (Å²) < 4.78 is 29.9. The number of hydrogen-bond donors (Lipinski definition) is 1. The Labute approximate surface area is 188 Å². The van der Waals surface area contributed by atoms with Crippen LogP contribution in [0.4, 0.5) is 14.5 Å². The number of pyridine rings is 1. The van der Waals surface area contributed by atoms with Crippen LogP contribution in [0.5, 0.6) is 0 Å². The predicted molar refractivity (Wildman–Crippen MR) is 120 cm³/mol. The molecule has 1 aliphatic heterocycles. The summed E-state index contributed by atoms with van der Waals surface area (Å²) in [4.78, 5) is 31.3. The number of nitrogens with zero attached hydrogens (tertiary/aromatic N) is 6. The van der Waals surface area contributed by atoms with Gasteiger partial charge in [-0.05, 0) is 32.9 Å². The van der Waals surface area contributed by atoms with Gasteiger partial charge in [-0.3, -0.25) is 9.20 Å². The van der Waals surface area contributed by atoms with Crippen molar-refractivity contribution in [1.29, 1.82) is 0 Å². The second kappa shape index (κ2) is 7.58. The van der Waals surface area contributed by atoms with E-state index in [2.05, 4.69) is 25.2 Å². The highest BCUT2D eigenvalue weighted by Gasteiger charge is 2.31. The summed E-state index contributed by atoms with van der Waals surface area (Å²) in [5.74, 6) is -2.11. The molecular formula is C23H23F2N7O. The summed E-state index contributed by atoms with van der Waals surface area (Å²) in [6.45, 7) is 2.92. The molecule has 2 fully saturated rings. The largest absolute Gasteiger partial charge is 0.381 e. The number of hydrogen-bond acceptors (Lipinski definition) is 6. The van der Waals surface area contributed by atoms with Crippen LogP contribution in [-0.2, 0) is 0 Å².